The van der Waals surface area contributed by atoms with E-state index in [1.54, 1.807) is 18.2 Å². The van der Waals surface area contributed by atoms with Crippen LogP contribution < -0.4 is 0 Å². The van der Waals surface area contributed by atoms with E-state index in [2.05, 4.69) is 12.6 Å². The molecule has 22 heavy (non-hydrogen) atoms. The zero-order valence-corrected chi connectivity index (χ0v) is 14.9. The van der Waals surface area contributed by atoms with Crippen molar-refractivity contribution in [2.45, 2.75) is 38.9 Å². The van der Waals surface area contributed by atoms with Gasteiger partial charge in [0, 0.05) is 16.3 Å². The Bertz CT molecular complexity index is 597. The summed E-state index contributed by atoms with van der Waals surface area (Å²) < 4.78 is 12.1. The number of aldehydes is 1. The molecule has 1 saturated heterocycles. The highest BCUT2D eigenvalue weighted by atomic mass is 35.5. The first-order valence-electron chi connectivity index (χ1n) is 7.12. The Hall–Kier alpha value is -0.745. The number of halogens is 1. The standard InChI is InChI=1S/C16H20BClO3S/c1-15(2)16(3,4)21-17(20-15)13(10-22)8-12-7-11(9-19)5-6-14(12)18/h5-9,22H,10H2,1-4H3. The summed E-state index contributed by atoms with van der Waals surface area (Å²) in [5, 5.41) is 0.571. The van der Waals surface area contributed by atoms with Crippen LogP contribution in [0, 0.1) is 0 Å². The van der Waals surface area contributed by atoms with Gasteiger partial charge in [-0.3, -0.25) is 4.79 Å². The second kappa shape index (κ2) is 6.40. The third-order valence-electron chi connectivity index (χ3n) is 4.24. The maximum Gasteiger partial charge on any atom is 0.491 e. The molecule has 6 heteroatoms. The average molecular weight is 339 g/mol. The first-order valence-corrected chi connectivity index (χ1v) is 8.13. The van der Waals surface area contributed by atoms with Crippen LogP contribution in [-0.2, 0) is 9.31 Å². The predicted molar refractivity (Wildman–Crippen MR) is 94.8 cm³/mol. The molecule has 1 aromatic carbocycles. The lowest BCUT2D eigenvalue weighted by molar-refractivity contribution is 0.00578. The van der Waals surface area contributed by atoms with Gasteiger partial charge in [-0.15, -0.1) is 0 Å². The summed E-state index contributed by atoms with van der Waals surface area (Å²) in [6.07, 6.45) is 2.67. The number of hydrogen-bond acceptors (Lipinski definition) is 4. The molecule has 1 aromatic rings. The van der Waals surface area contributed by atoms with Crippen molar-refractivity contribution in [1.29, 1.82) is 0 Å². The van der Waals surface area contributed by atoms with E-state index in [9.17, 15) is 4.79 Å². The molecule has 1 heterocycles. The van der Waals surface area contributed by atoms with Gasteiger partial charge < -0.3 is 9.31 Å². The quantitative estimate of drug-likeness (QED) is 0.510. The van der Waals surface area contributed by atoms with Gasteiger partial charge in [-0.2, -0.15) is 12.6 Å². The van der Waals surface area contributed by atoms with Crippen molar-refractivity contribution < 1.29 is 14.1 Å². The smallest absolute Gasteiger partial charge is 0.400 e. The molecule has 0 N–H and O–H groups in total. The second-order valence-corrected chi connectivity index (χ2v) is 7.09. The number of rotatable bonds is 4. The van der Waals surface area contributed by atoms with Crippen molar-refractivity contribution >= 4 is 43.7 Å². The Morgan fingerprint density at radius 3 is 2.36 bits per heavy atom. The molecular formula is C16H20BClO3S. The molecule has 118 valence electrons. The lowest BCUT2D eigenvalue weighted by Gasteiger charge is -2.32. The first kappa shape index (κ1) is 17.6. The van der Waals surface area contributed by atoms with Gasteiger partial charge in [0.15, 0.2) is 0 Å². The van der Waals surface area contributed by atoms with E-state index in [0.29, 0.717) is 16.3 Å². The first-order chi connectivity index (χ1) is 10.2. The van der Waals surface area contributed by atoms with E-state index in [4.69, 9.17) is 20.9 Å². The van der Waals surface area contributed by atoms with Gasteiger partial charge in [0.25, 0.3) is 0 Å². The summed E-state index contributed by atoms with van der Waals surface area (Å²) in [6.45, 7) is 8.01. The molecule has 0 aromatic heterocycles. The molecule has 0 unspecified atom stereocenters. The second-order valence-electron chi connectivity index (χ2n) is 6.36. The number of carbonyl (C=O) groups excluding carboxylic acids is 1. The maximum atomic E-state index is 10.9. The summed E-state index contributed by atoms with van der Waals surface area (Å²) in [6, 6.07) is 5.13. The Morgan fingerprint density at radius 1 is 1.27 bits per heavy atom. The molecule has 0 saturated carbocycles. The van der Waals surface area contributed by atoms with Crippen molar-refractivity contribution in [1.82, 2.24) is 0 Å². The molecule has 0 aliphatic carbocycles. The van der Waals surface area contributed by atoms with E-state index >= 15 is 0 Å². The lowest BCUT2D eigenvalue weighted by atomic mass is 9.78. The molecule has 0 amide bonds. The van der Waals surface area contributed by atoms with Crippen molar-refractivity contribution in [3.8, 4) is 0 Å². The van der Waals surface area contributed by atoms with Crippen LogP contribution in [0.1, 0.15) is 43.6 Å². The Labute approximate surface area is 142 Å². The van der Waals surface area contributed by atoms with Crippen molar-refractivity contribution in [2.75, 3.05) is 5.75 Å². The minimum Gasteiger partial charge on any atom is -0.400 e. The Balaban J connectivity index is 2.35. The van der Waals surface area contributed by atoms with E-state index in [1.165, 1.54) is 0 Å². The van der Waals surface area contributed by atoms with Gasteiger partial charge in [0.2, 0.25) is 0 Å². The normalized spacial score (nSPS) is 20.3. The minimum atomic E-state index is -0.474. The van der Waals surface area contributed by atoms with Crippen LogP contribution in [0.2, 0.25) is 5.02 Å². The SMILES string of the molecule is CC1(C)OB(C(=Cc2cc(C=O)ccc2Cl)CS)OC1(C)C. The molecule has 2 rings (SSSR count). The van der Waals surface area contributed by atoms with Gasteiger partial charge in [0.1, 0.15) is 6.29 Å². The van der Waals surface area contributed by atoms with Crippen molar-refractivity contribution in [2.24, 2.45) is 0 Å². The lowest BCUT2D eigenvalue weighted by Crippen LogP contribution is -2.41. The van der Waals surface area contributed by atoms with Gasteiger partial charge >= 0.3 is 7.12 Å². The summed E-state index contributed by atoms with van der Waals surface area (Å²) in [4.78, 5) is 10.9. The molecule has 0 atom stereocenters. The molecule has 0 bridgehead atoms. The van der Waals surface area contributed by atoms with Crippen LogP contribution in [0.3, 0.4) is 0 Å². The monoisotopic (exact) mass is 338 g/mol. The zero-order valence-electron chi connectivity index (χ0n) is 13.2. The average Bonchev–Trinajstić information content (AvgIpc) is 2.66. The van der Waals surface area contributed by atoms with Crippen molar-refractivity contribution in [3.63, 3.8) is 0 Å². The Kier molecular flexibility index (Phi) is 5.12. The van der Waals surface area contributed by atoms with Gasteiger partial charge in [0.05, 0.1) is 11.2 Å². The fourth-order valence-electron chi connectivity index (χ4n) is 2.13. The van der Waals surface area contributed by atoms with E-state index < -0.39 is 18.3 Å². The van der Waals surface area contributed by atoms with Gasteiger partial charge in [-0.05, 0) is 50.9 Å². The largest absolute Gasteiger partial charge is 0.491 e. The van der Waals surface area contributed by atoms with E-state index in [1.807, 2.05) is 33.8 Å². The van der Waals surface area contributed by atoms with Gasteiger partial charge in [-0.25, -0.2) is 0 Å². The molecular weight excluding hydrogens is 319 g/mol. The Morgan fingerprint density at radius 2 is 1.86 bits per heavy atom. The summed E-state index contributed by atoms with van der Waals surface area (Å²) in [5.74, 6) is 0.471. The van der Waals surface area contributed by atoms with Crippen LogP contribution in [0.25, 0.3) is 6.08 Å². The van der Waals surface area contributed by atoms with E-state index in [0.717, 1.165) is 17.3 Å². The summed E-state index contributed by atoms with van der Waals surface area (Å²) in [5.41, 5.74) is 1.38. The molecule has 1 aliphatic heterocycles. The highest BCUT2D eigenvalue weighted by molar-refractivity contribution is 7.80. The number of benzene rings is 1. The number of carbonyl (C=O) groups is 1. The summed E-state index contributed by atoms with van der Waals surface area (Å²) in [7, 11) is -0.474. The molecule has 0 radical (unpaired) electrons. The fraction of sp³-hybridized carbons (Fsp3) is 0.438. The van der Waals surface area contributed by atoms with Crippen LogP contribution in [0.15, 0.2) is 23.7 Å². The van der Waals surface area contributed by atoms with Crippen LogP contribution in [-0.4, -0.2) is 30.4 Å². The summed E-state index contributed by atoms with van der Waals surface area (Å²) >= 11 is 10.6. The van der Waals surface area contributed by atoms with Gasteiger partial charge in [-0.1, -0.05) is 23.7 Å². The molecule has 3 nitrogen and oxygen atoms in total. The molecule has 1 aliphatic rings. The topological polar surface area (TPSA) is 35.5 Å². The number of hydrogen-bond donors (Lipinski definition) is 1. The minimum absolute atomic E-state index is 0.409. The fourth-order valence-corrected chi connectivity index (χ4v) is 2.54. The molecule has 0 spiro atoms. The maximum absolute atomic E-state index is 10.9. The van der Waals surface area contributed by atoms with Crippen LogP contribution in [0.5, 0.6) is 0 Å². The van der Waals surface area contributed by atoms with Crippen molar-refractivity contribution in [3.05, 3.63) is 39.8 Å². The van der Waals surface area contributed by atoms with E-state index in [-0.39, 0.29) is 0 Å². The third kappa shape index (κ3) is 3.43. The highest BCUT2D eigenvalue weighted by Gasteiger charge is 2.52. The number of thiol groups is 1. The predicted octanol–water partition coefficient (Wildman–Crippen LogP) is 4.10. The zero-order chi connectivity index (χ0) is 16.5. The third-order valence-corrected chi connectivity index (χ3v) is 4.94. The molecule has 1 fully saturated rings. The van der Waals surface area contributed by atoms with Crippen LogP contribution >= 0.6 is 24.2 Å². The van der Waals surface area contributed by atoms with Crippen LogP contribution in [0.4, 0.5) is 0 Å². The highest BCUT2D eigenvalue weighted by Crippen LogP contribution is 2.39.